The van der Waals surface area contributed by atoms with Crippen LogP contribution in [0.25, 0.3) is 5.65 Å². The second-order valence-electron chi connectivity index (χ2n) is 5.68. The second kappa shape index (κ2) is 5.83. The van der Waals surface area contributed by atoms with Crippen molar-refractivity contribution in [2.24, 2.45) is 0 Å². The van der Waals surface area contributed by atoms with Crippen molar-refractivity contribution in [2.45, 2.75) is 26.8 Å². The lowest BCUT2D eigenvalue weighted by Gasteiger charge is -2.14. The Balaban J connectivity index is 1.91. The zero-order valence-electron chi connectivity index (χ0n) is 13.3. The number of hydrogen-bond donors (Lipinski definition) is 1. The van der Waals surface area contributed by atoms with Gasteiger partial charge in [0.2, 0.25) is 0 Å². The van der Waals surface area contributed by atoms with Crippen molar-refractivity contribution < 1.29 is 9.18 Å². The number of nitrogens with one attached hydrogen (secondary N) is 1. The smallest absolute Gasteiger partial charge is 0.255 e. The molecule has 1 amide bonds. The third-order valence-electron chi connectivity index (χ3n) is 3.90. The van der Waals surface area contributed by atoms with Gasteiger partial charge in [0.1, 0.15) is 11.5 Å². The molecule has 1 unspecified atom stereocenters. The van der Waals surface area contributed by atoms with E-state index < -0.39 is 6.04 Å². The summed E-state index contributed by atoms with van der Waals surface area (Å²) in [5.41, 5.74) is 3.42. The van der Waals surface area contributed by atoms with Gasteiger partial charge in [-0.15, -0.1) is 0 Å². The molecule has 3 rings (SSSR count). The Labute approximate surface area is 134 Å². The van der Waals surface area contributed by atoms with Crippen molar-refractivity contribution in [2.75, 3.05) is 0 Å². The van der Waals surface area contributed by atoms with Gasteiger partial charge in [-0.05, 0) is 39.0 Å². The third-order valence-corrected chi connectivity index (χ3v) is 3.90. The number of nitrogens with zero attached hydrogens (tertiary/aromatic N) is 2. The molecule has 0 bridgehead atoms. The van der Waals surface area contributed by atoms with Crippen molar-refractivity contribution >= 4 is 11.6 Å². The number of fused-ring (bicyclic) bond motifs is 1. The van der Waals surface area contributed by atoms with E-state index in [4.69, 9.17) is 0 Å². The minimum Gasteiger partial charge on any atom is -0.345 e. The average Bonchev–Trinajstić information content (AvgIpc) is 2.91. The first kappa shape index (κ1) is 15.2. The molecule has 0 radical (unpaired) electrons. The van der Waals surface area contributed by atoms with Crippen molar-refractivity contribution in [3.8, 4) is 0 Å². The van der Waals surface area contributed by atoms with Gasteiger partial charge >= 0.3 is 0 Å². The Hall–Kier alpha value is -2.69. The van der Waals surface area contributed by atoms with Crippen molar-refractivity contribution in [1.82, 2.24) is 14.7 Å². The number of carbonyl (C=O) groups excluding carboxylic acids is 1. The highest BCUT2D eigenvalue weighted by atomic mass is 19.1. The Morgan fingerprint density at radius 1 is 1.26 bits per heavy atom. The number of carbonyl (C=O) groups is 1. The highest BCUT2D eigenvalue weighted by Crippen LogP contribution is 2.19. The highest BCUT2D eigenvalue weighted by molar-refractivity contribution is 6.00. The molecule has 118 valence electrons. The fourth-order valence-electron chi connectivity index (χ4n) is 2.75. The van der Waals surface area contributed by atoms with E-state index in [0.717, 1.165) is 11.4 Å². The molecule has 2 heterocycles. The van der Waals surface area contributed by atoms with Crippen LogP contribution in [0.15, 0.2) is 42.6 Å². The van der Waals surface area contributed by atoms with Gasteiger partial charge < -0.3 is 9.72 Å². The first-order valence-electron chi connectivity index (χ1n) is 7.48. The van der Waals surface area contributed by atoms with Crippen LogP contribution in [-0.2, 0) is 0 Å². The molecule has 0 saturated heterocycles. The van der Waals surface area contributed by atoms with E-state index in [1.165, 1.54) is 6.07 Å². The maximum atomic E-state index is 13.8. The molecule has 0 spiro atoms. The molecule has 1 N–H and O–H groups in total. The van der Waals surface area contributed by atoms with Crippen LogP contribution in [0.1, 0.15) is 40.3 Å². The largest absolute Gasteiger partial charge is 0.345 e. The predicted octanol–water partition coefficient (Wildman–Crippen LogP) is 3.58. The number of aryl methyl sites for hydroxylation is 2. The summed E-state index contributed by atoms with van der Waals surface area (Å²) in [5, 5.41) is 2.84. The summed E-state index contributed by atoms with van der Waals surface area (Å²) in [7, 11) is 0. The number of aromatic nitrogens is 2. The maximum Gasteiger partial charge on any atom is 0.255 e. The van der Waals surface area contributed by atoms with Crippen LogP contribution in [0.4, 0.5) is 4.39 Å². The highest BCUT2D eigenvalue weighted by Gasteiger charge is 2.18. The summed E-state index contributed by atoms with van der Waals surface area (Å²) < 4.78 is 15.7. The van der Waals surface area contributed by atoms with Gasteiger partial charge in [0.05, 0.1) is 11.6 Å². The van der Waals surface area contributed by atoms with Gasteiger partial charge in [-0.1, -0.05) is 18.2 Å². The molecule has 23 heavy (non-hydrogen) atoms. The van der Waals surface area contributed by atoms with Gasteiger partial charge in [-0.25, -0.2) is 9.37 Å². The summed E-state index contributed by atoms with van der Waals surface area (Å²) in [6.07, 6.45) is 1.82. The zero-order valence-corrected chi connectivity index (χ0v) is 13.3. The summed E-state index contributed by atoms with van der Waals surface area (Å²) in [6, 6.07) is 9.71. The standard InChI is InChI=1S/C18H18FN3O/c1-11-10-12(2)22-9-8-15(17(22)20-11)18(23)21-13(3)14-6-4-5-7-16(14)19/h4-10,13H,1-3H3,(H,21,23). The van der Waals surface area contributed by atoms with Crippen LogP contribution in [-0.4, -0.2) is 15.3 Å². The molecule has 0 saturated carbocycles. The van der Waals surface area contributed by atoms with E-state index in [9.17, 15) is 9.18 Å². The molecule has 4 nitrogen and oxygen atoms in total. The molecular weight excluding hydrogens is 293 g/mol. The summed E-state index contributed by atoms with van der Waals surface area (Å²) in [6.45, 7) is 5.62. The quantitative estimate of drug-likeness (QED) is 0.803. The Bertz CT molecular complexity index is 885. The van der Waals surface area contributed by atoms with Crippen LogP contribution < -0.4 is 5.32 Å². The molecule has 2 aromatic heterocycles. The number of hydrogen-bond acceptors (Lipinski definition) is 2. The van der Waals surface area contributed by atoms with Crippen LogP contribution in [0.5, 0.6) is 0 Å². The lowest BCUT2D eigenvalue weighted by Crippen LogP contribution is -2.27. The van der Waals surface area contributed by atoms with Gasteiger partial charge in [0.15, 0.2) is 0 Å². The summed E-state index contributed by atoms with van der Waals surface area (Å²) >= 11 is 0. The molecule has 3 aromatic rings. The number of halogens is 1. The number of amides is 1. The van der Waals surface area contributed by atoms with Crippen LogP contribution >= 0.6 is 0 Å². The van der Waals surface area contributed by atoms with Gasteiger partial charge in [-0.2, -0.15) is 0 Å². The predicted molar refractivity (Wildman–Crippen MR) is 86.9 cm³/mol. The fourth-order valence-corrected chi connectivity index (χ4v) is 2.75. The molecule has 0 fully saturated rings. The number of rotatable bonds is 3. The normalized spacial score (nSPS) is 12.3. The molecule has 0 aliphatic carbocycles. The third kappa shape index (κ3) is 2.82. The number of benzene rings is 1. The Kier molecular flexibility index (Phi) is 3.86. The maximum absolute atomic E-state index is 13.8. The lowest BCUT2D eigenvalue weighted by atomic mass is 10.1. The molecule has 1 atom stereocenters. The van der Waals surface area contributed by atoms with Gasteiger partial charge in [0.25, 0.3) is 5.91 Å². The van der Waals surface area contributed by atoms with Crippen molar-refractivity contribution in [1.29, 1.82) is 0 Å². The topological polar surface area (TPSA) is 46.4 Å². The first-order valence-corrected chi connectivity index (χ1v) is 7.48. The van der Waals surface area contributed by atoms with E-state index in [1.54, 1.807) is 31.2 Å². The van der Waals surface area contributed by atoms with E-state index >= 15 is 0 Å². The Morgan fingerprint density at radius 2 is 2.00 bits per heavy atom. The minimum atomic E-state index is -0.426. The molecule has 0 aliphatic rings. The van der Waals surface area contributed by atoms with Gasteiger partial charge in [0, 0.05) is 23.1 Å². The second-order valence-corrected chi connectivity index (χ2v) is 5.68. The minimum absolute atomic E-state index is 0.263. The van der Waals surface area contributed by atoms with Crippen molar-refractivity contribution in [3.63, 3.8) is 0 Å². The fraction of sp³-hybridized carbons (Fsp3) is 0.222. The molecule has 0 aliphatic heterocycles. The monoisotopic (exact) mass is 311 g/mol. The Morgan fingerprint density at radius 3 is 2.74 bits per heavy atom. The van der Waals surface area contributed by atoms with Crippen LogP contribution in [0, 0.1) is 19.7 Å². The SMILES string of the molecule is Cc1cc(C)n2ccc(C(=O)NC(C)c3ccccc3F)c2n1. The summed E-state index contributed by atoms with van der Waals surface area (Å²) in [4.78, 5) is 17.0. The van der Waals surface area contributed by atoms with Gasteiger partial charge in [-0.3, -0.25) is 4.79 Å². The molecule has 1 aromatic carbocycles. The average molecular weight is 311 g/mol. The van der Waals surface area contributed by atoms with E-state index in [1.807, 2.05) is 30.5 Å². The summed E-state index contributed by atoms with van der Waals surface area (Å²) in [5.74, 6) is -0.590. The first-order chi connectivity index (χ1) is 11.0. The zero-order chi connectivity index (χ0) is 16.6. The van der Waals surface area contributed by atoms with E-state index in [0.29, 0.717) is 16.8 Å². The molecule has 5 heteroatoms. The van der Waals surface area contributed by atoms with Crippen LogP contribution in [0.3, 0.4) is 0 Å². The lowest BCUT2D eigenvalue weighted by molar-refractivity contribution is 0.0941. The van der Waals surface area contributed by atoms with Crippen LogP contribution in [0.2, 0.25) is 0 Å². The van der Waals surface area contributed by atoms with Crippen molar-refractivity contribution in [3.05, 3.63) is 70.9 Å². The van der Waals surface area contributed by atoms with E-state index in [-0.39, 0.29) is 11.7 Å². The molecular formula is C18H18FN3O. The van der Waals surface area contributed by atoms with E-state index in [2.05, 4.69) is 10.3 Å².